The van der Waals surface area contributed by atoms with Gasteiger partial charge < -0.3 is 26.2 Å². The predicted octanol–water partition coefficient (Wildman–Crippen LogP) is 4.78. The standard InChI is InChI=1S/C29H41N7O3S2/c1-27(2,3)29(6,30)39-18-17-28(4,5)32-26(41)36-34-22(19-11-9-8-10-12-19)23(33-35-25(40)31-7)20-13-15-21(16-14-20)24(37)38/h8-16H,17-18,30H2,1-7H3,(H,37,38)(H2,31,35,40)(H2,32,36,41)/b33-23+,34-22+. The fraction of sp³-hybridized carbons (Fsp3) is 0.414. The third-order valence-corrected chi connectivity index (χ3v) is 6.97. The van der Waals surface area contributed by atoms with Crippen LogP contribution in [0.5, 0.6) is 0 Å². The molecule has 5 N–H and O–H groups in total. The lowest BCUT2D eigenvalue weighted by Crippen LogP contribution is -2.52. The molecule has 0 radical (unpaired) electrons. The summed E-state index contributed by atoms with van der Waals surface area (Å²) in [5.41, 5.74) is 7.12. The SMILES string of the molecule is CN/C(S)=N/N=C(/C(=N/N=C(\S)NC(C)(C)CCOC(C)(N)C(C)(C)C)c1ccccc1)c1ccc(C(=O)O)cc1. The third kappa shape index (κ3) is 10.6. The summed E-state index contributed by atoms with van der Waals surface area (Å²) in [4.78, 5) is 11.4. The molecule has 0 aromatic heterocycles. The maximum atomic E-state index is 11.4. The van der Waals surface area contributed by atoms with Gasteiger partial charge >= 0.3 is 5.97 Å². The van der Waals surface area contributed by atoms with Crippen molar-refractivity contribution in [3.8, 4) is 0 Å². The highest BCUT2D eigenvalue weighted by Gasteiger charge is 2.35. The zero-order valence-corrected chi connectivity index (χ0v) is 26.4. The van der Waals surface area contributed by atoms with Crippen LogP contribution in [0.25, 0.3) is 0 Å². The smallest absolute Gasteiger partial charge is 0.335 e. The number of carboxylic acids is 1. The minimum absolute atomic E-state index is 0.142. The van der Waals surface area contributed by atoms with Crippen LogP contribution in [0.1, 0.15) is 69.4 Å². The number of aromatic carboxylic acids is 1. The van der Waals surface area contributed by atoms with Crippen molar-refractivity contribution < 1.29 is 14.6 Å². The van der Waals surface area contributed by atoms with Crippen LogP contribution in [-0.4, -0.2) is 57.8 Å². The first-order chi connectivity index (χ1) is 19.1. The molecule has 0 saturated heterocycles. The molecule has 0 aliphatic rings. The van der Waals surface area contributed by atoms with Gasteiger partial charge in [-0.3, -0.25) is 0 Å². The maximum Gasteiger partial charge on any atom is 0.335 e. The predicted molar refractivity (Wildman–Crippen MR) is 175 cm³/mol. The number of hydrogen-bond donors (Lipinski definition) is 6. The lowest BCUT2D eigenvalue weighted by Gasteiger charge is -2.39. The van der Waals surface area contributed by atoms with E-state index >= 15 is 0 Å². The molecule has 10 nitrogen and oxygen atoms in total. The van der Waals surface area contributed by atoms with Gasteiger partial charge in [-0.2, -0.15) is 0 Å². The first kappa shape index (κ1) is 34.0. The van der Waals surface area contributed by atoms with Crippen LogP contribution in [0, 0.1) is 5.41 Å². The molecule has 0 aliphatic heterocycles. The number of ether oxygens (including phenoxy) is 1. The van der Waals surface area contributed by atoms with Gasteiger partial charge in [0.25, 0.3) is 0 Å². The monoisotopic (exact) mass is 599 g/mol. The number of carboxylic acid groups (broad SMARTS) is 1. The van der Waals surface area contributed by atoms with Gasteiger partial charge in [0, 0.05) is 29.1 Å². The Labute approximate surface area is 253 Å². The summed E-state index contributed by atoms with van der Waals surface area (Å²) in [5.74, 6) is -1.03. The van der Waals surface area contributed by atoms with Crippen molar-refractivity contribution in [3.63, 3.8) is 0 Å². The van der Waals surface area contributed by atoms with E-state index < -0.39 is 17.2 Å². The van der Waals surface area contributed by atoms with Crippen molar-refractivity contribution in [2.24, 2.45) is 31.6 Å². The summed E-state index contributed by atoms with van der Waals surface area (Å²) in [6.07, 6.45) is 0.636. The van der Waals surface area contributed by atoms with Crippen molar-refractivity contribution in [1.29, 1.82) is 0 Å². The first-order valence-corrected chi connectivity index (χ1v) is 13.9. The Kier molecular flexibility index (Phi) is 12.1. The normalized spacial score (nSPS) is 15.4. The van der Waals surface area contributed by atoms with Gasteiger partial charge in [-0.15, -0.1) is 45.7 Å². The largest absolute Gasteiger partial charge is 0.478 e. The van der Waals surface area contributed by atoms with Crippen molar-refractivity contribution in [1.82, 2.24) is 10.6 Å². The van der Waals surface area contributed by atoms with Crippen molar-refractivity contribution >= 4 is 53.0 Å². The molecule has 1 atom stereocenters. The number of nitrogens with zero attached hydrogens (tertiary/aromatic N) is 4. The molecular weight excluding hydrogens is 558 g/mol. The van der Waals surface area contributed by atoms with Gasteiger partial charge in [0.2, 0.25) is 0 Å². The number of thiol groups is 2. The summed E-state index contributed by atoms with van der Waals surface area (Å²) in [6.45, 7) is 12.4. The number of hydrogen-bond acceptors (Lipinski definition) is 7. The van der Waals surface area contributed by atoms with Crippen LogP contribution in [0.2, 0.25) is 0 Å². The molecule has 0 amide bonds. The van der Waals surface area contributed by atoms with Crippen LogP contribution in [0.4, 0.5) is 0 Å². The van der Waals surface area contributed by atoms with Crippen LogP contribution < -0.4 is 16.4 Å². The van der Waals surface area contributed by atoms with E-state index in [1.807, 2.05) is 71.9 Å². The van der Waals surface area contributed by atoms with Gasteiger partial charge in [-0.05, 0) is 39.3 Å². The second-order valence-electron chi connectivity index (χ2n) is 11.2. The molecule has 0 fully saturated rings. The highest BCUT2D eigenvalue weighted by Crippen LogP contribution is 2.29. The van der Waals surface area contributed by atoms with Gasteiger partial charge in [0.15, 0.2) is 10.3 Å². The second kappa shape index (κ2) is 14.6. The van der Waals surface area contributed by atoms with E-state index in [2.05, 4.69) is 56.3 Å². The highest BCUT2D eigenvalue weighted by molar-refractivity contribution is 7.97. The number of amidine groups is 2. The Hall–Kier alpha value is -3.19. The van der Waals surface area contributed by atoms with Crippen LogP contribution in [-0.2, 0) is 4.74 Å². The lowest BCUT2D eigenvalue weighted by atomic mass is 9.85. The molecule has 1 unspecified atom stereocenters. The van der Waals surface area contributed by atoms with E-state index in [9.17, 15) is 9.90 Å². The molecule has 0 aliphatic carbocycles. The molecule has 0 heterocycles. The molecule has 222 valence electrons. The number of carbonyl (C=O) groups is 1. The summed E-state index contributed by atoms with van der Waals surface area (Å²) < 4.78 is 6.00. The van der Waals surface area contributed by atoms with E-state index in [0.717, 1.165) is 5.56 Å². The molecule has 2 aromatic carbocycles. The quantitative estimate of drug-likeness (QED) is 0.0721. The number of nitrogens with two attached hydrogens (primary N) is 1. The van der Waals surface area contributed by atoms with Gasteiger partial charge in [0.1, 0.15) is 17.1 Å². The van der Waals surface area contributed by atoms with Crippen molar-refractivity contribution in [2.75, 3.05) is 13.7 Å². The summed E-state index contributed by atoms with van der Waals surface area (Å²) in [6, 6.07) is 15.6. The van der Waals surface area contributed by atoms with E-state index in [0.29, 0.717) is 30.0 Å². The fourth-order valence-electron chi connectivity index (χ4n) is 3.22. The van der Waals surface area contributed by atoms with Gasteiger partial charge in [-0.25, -0.2) is 4.79 Å². The maximum absolute atomic E-state index is 11.4. The lowest BCUT2D eigenvalue weighted by molar-refractivity contribution is -0.103. The Morgan fingerprint density at radius 3 is 1.80 bits per heavy atom. The minimum atomic E-state index is -1.03. The van der Waals surface area contributed by atoms with Gasteiger partial charge in [0.05, 0.1) is 12.2 Å². The summed E-state index contributed by atoms with van der Waals surface area (Å²) in [7, 11) is 1.67. The van der Waals surface area contributed by atoms with E-state index in [-0.39, 0.29) is 21.3 Å². The van der Waals surface area contributed by atoms with E-state index in [1.54, 1.807) is 19.2 Å². The molecule has 2 aromatic rings. The fourth-order valence-corrected chi connectivity index (χ4v) is 3.61. The molecule has 0 bridgehead atoms. The Bertz CT molecular complexity index is 1300. The summed E-state index contributed by atoms with van der Waals surface area (Å²) >= 11 is 8.79. The zero-order valence-electron chi connectivity index (χ0n) is 24.6. The molecule has 41 heavy (non-hydrogen) atoms. The van der Waals surface area contributed by atoms with Crippen molar-refractivity contribution in [3.05, 3.63) is 71.3 Å². The Morgan fingerprint density at radius 1 is 0.829 bits per heavy atom. The third-order valence-electron chi connectivity index (χ3n) is 6.46. The second-order valence-corrected chi connectivity index (χ2v) is 12.1. The number of rotatable bonds is 11. The van der Waals surface area contributed by atoms with E-state index in [1.165, 1.54) is 12.1 Å². The van der Waals surface area contributed by atoms with E-state index in [4.69, 9.17) is 10.5 Å². The van der Waals surface area contributed by atoms with Crippen LogP contribution in [0.15, 0.2) is 75.0 Å². The van der Waals surface area contributed by atoms with Gasteiger partial charge in [-0.1, -0.05) is 63.2 Å². The molecule has 12 heteroatoms. The van der Waals surface area contributed by atoms with Crippen LogP contribution in [0.3, 0.4) is 0 Å². The first-order valence-electron chi connectivity index (χ1n) is 13.0. The molecule has 0 spiro atoms. The minimum Gasteiger partial charge on any atom is -0.478 e. The Morgan fingerprint density at radius 2 is 1.32 bits per heavy atom. The molecule has 2 rings (SSSR count). The zero-order chi connectivity index (χ0) is 30.8. The summed E-state index contributed by atoms with van der Waals surface area (Å²) in [5, 5.41) is 33.4. The Balaban J connectivity index is 2.44. The molecule has 0 saturated carbocycles. The average Bonchev–Trinajstić information content (AvgIpc) is 2.89. The number of nitrogens with one attached hydrogen (secondary N) is 2. The average molecular weight is 600 g/mol. The molecular formula is C29H41N7O3S2. The topological polar surface area (TPSA) is 146 Å². The van der Waals surface area contributed by atoms with Crippen LogP contribution >= 0.6 is 25.3 Å². The van der Waals surface area contributed by atoms with Crippen molar-refractivity contribution in [2.45, 2.75) is 59.2 Å². The highest BCUT2D eigenvalue weighted by atomic mass is 32.1. The number of benzene rings is 2.